The number of hydrogen-bond donors (Lipinski definition) is 0. The first-order valence-corrected chi connectivity index (χ1v) is 6.07. The Kier molecular flexibility index (Phi) is 5.59. The quantitative estimate of drug-likeness (QED) is 0.638. The number of rotatable bonds is 2. The lowest BCUT2D eigenvalue weighted by Gasteiger charge is -2.02. The topological polar surface area (TPSA) is 66.9 Å². The number of hydrogen-bond acceptors (Lipinski definition) is 0. The Morgan fingerprint density at radius 3 is 1.75 bits per heavy atom. The maximum absolute atomic E-state index is 2.20. The third-order valence-electron chi connectivity index (χ3n) is 2.96. The maximum Gasteiger partial charge on any atom is 0.218 e. The summed E-state index contributed by atoms with van der Waals surface area (Å²) in [6.45, 7) is 0. The van der Waals surface area contributed by atoms with Gasteiger partial charge in [0, 0.05) is 29.8 Å². The van der Waals surface area contributed by atoms with Gasteiger partial charge in [0.05, 0.1) is 0 Å². The SMILES string of the molecule is O.O.c1ccc(-c2cccc[n+]2-c2ccccc2)cc1. The summed E-state index contributed by atoms with van der Waals surface area (Å²) in [7, 11) is 0. The minimum absolute atomic E-state index is 0. The van der Waals surface area contributed by atoms with Crippen molar-refractivity contribution in [1.82, 2.24) is 0 Å². The molecule has 102 valence electrons. The van der Waals surface area contributed by atoms with Gasteiger partial charge in [-0.2, -0.15) is 4.57 Å². The van der Waals surface area contributed by atoms with Gasteiger partial charge in [0.2, 0.25) is 11.4 Å². The Bertz CT molecular complexity index is 581. The van der Waals surface area contributed by atoms with Gasteiger partial charge in [-0.15, -0.1) is 0 Å². The van der Waals surface area contributed by atoms with Crippen LogP contribution in [0.25, 0.3) is 16.9 Å². The molecule has 0 spiro atoms. The molecule has 0 unspecified atom stereocenters. The van der Waals surface area contributed by atoms with E-state index in [1.807, 2.05) is 12.1 Å². The third-order valence-corrected chi connectivity index (χ3v) is 2.96. The molecule has 20 heavy (non-hydrogen) atoms. The average molecular weight is 268 g/mol. The molecule has 1 heterocycles. The second-order valence-corrected chi connectivity index (χ2v) is 4.16. The van der Waals surface area contributed by atoms with E-state index in [2.05, 4.69) is 77.5 Å². The zero-order chi connectivity index (χ0) is 12.2. The van der Waals surface area contributed by atoms with Crippen molar-refractivity contribution >= 4 is 0 Å². The largest absolute Gasteiger partial charge is 0.412 e. The number of para-hydroxylation sites is 1. The lowest BCUT2D eigenvalue weighted by molar-refractivity contribution is -0.584. The number of pyridine rings is 1. The number of benzene rings is 2. The molecule has 3 rings (SSSR count). The van der Waals surface area contributed by atoms with Crippen LogP contribution in [0.15, 0.2) is 85.1 Å². The molecule has 0 aliphatic carbocycles. The molecule has 0 fully saturated rings. The minimum Gasteiger partial charge on any atom is -0.412 e. The number of nitrogens with zero attached hydrogens (tertiary/aromatic N) is 1. The maximum atomic E-state index is 2.20. The molecular formula is C17H18NO2+. The molecule has 1 aromatic heterocycles. The van der Waals surface area contributed by atoms with E-state index in [0.29, 0.717) is 0 Å². The van der Waals surface area contributed by atoms with Crippen molar-refractivity contribution in [1.29, 1.82) is 0 Å². The van der Waals surface area contributed by atoms with Gasteiger partial charge in [0.25, 0.3) is 0 Å². The highest BCUT2D eigenvalue weighted by Gasteiger charge is 2.13. The van der Waals surface area contributed by atoms with E-state index in [0.717, 1.165) is 0 Å². The second kappa shape index (κ2) is 7.19. The van der Waals surface area contributed by atoms with Gasteiger partial charge in [0.1, 0.15) is 0 Å². The second-order valence-electron chi connectivity index (χ2n) is 4.16. The summed E-state index contributed by atoms with van der Waals surface area (Å²) >= 11 is 0. The summed E-state index contributed by atoms with van der Waals surface area (Å²) in [5, 5.41) is 0. The molecule has 0 aliphatic heterocycles. The highest BCUT2D eigenvalue weighted by Crippen LogP contribution is 2.15. The van der Waals surface area contributed by atoms with Crippen LogP contribution in [0.4, 0.5) is 0 Å². The van der Waals surface area contributed by atoms with Crippen molar-refractivity contribution < 1.29 is 15.5 Å². The van der Waals surface area contributed by atoms with Crippen LogP contribution in [0.1, 0.15) is 0 Å². The van der Waals surface area contributed by atoms with Crippen LogP contribution in [0.3, 0.4) is 0 Å². The highest BCUT2D eigenvalue weighted by atomic mass is 16.0. The van der Waals surface area contributed by atoms with Crippen LogP contribution < -0.4 is 4.57 Å². The first-order chi connectivity index (χ1) is 8.95. The first-order valence-electron chi connectivity index (χ1n) is 6.07. The van der Waals surface area contributed by atoms with E-state index in [9.17, 15) is 0 Å². The zero-order valence-corrected chi connectivity index (χ0v) is 11.0. The standard InChI is InChI=1S/C17H14N.2H2O/c1-3-9-15(10-4-1)17-13-7-8-14-18(17)16-11-5-2-6-12-16;;/h1-14H;2*1H2/q+1;;. The molecule has 2 aromatic carbocycles. The Morgan fingerprint density at radius 2 is 1.10 bits per heavy atom. The van der Waals surface area contributed by atoms with E-state index in [4.69, 9.17) is 0 Å². The zero-order valence-electron chi connectivity index (χ0n) is 11.0. The van der Waals surface area contributed by atoms with Crippen molar-refractivity contribution in [3.63, 3.8) is 0 Å². The van der Waals surface area contributed by atoms with Gasteiger partial charge in [-0.1, -0.05) is 36.4 Å². The van der Waals surface area contributed by atoms with Crippen LogP contribution in [-0.4, -0.2) is 11.0 Å². The molecule has 3 nitrogen and oxygen atoms in total. The van der Waals surface area contributed by atoms with E-state index in [1.54, 1.807) is 0 Å². The van der Waals surface area contributed by atoms with Crippen LogP contribution in [0.5, 0.6) is 0 Å². The van der Waals surface area contributed by atoms with Crippen molar-refractivity contribution in [2.45, 2.75) is 0 Å². The van der Waals surface area contributed by atoms with E-state index in [1.165, 1.54) is 16.9 Å². The van der Waals surface area contributed by atoms with Gasteiger partial charge in [-0.25, -0.2) is 0 Å². The molecule has 0 atom stereocenters. The Hall–Kier alpha value is -2.49. The summed E-state index contributed by atoms with van der Waals surface area (Å²) in [6.07, 6.45) is 2.09. The predicted octanol–water partition coefficient (Wildman–Crippen LogP) is 1.98. The number of aromatic nitrogens is 1. The molecule has 0 radical (unpaired) electrons. The van der Waals surface area contributed by atoms with Crippen molar-refractivity contribution in [2.75, 3.05) is 0 Å². The van der Waals surface area contributed by atoms with E-state index in [-0.39, 0.29) is 11.0 Å². The first kappa shape index (κ1) is 15.6. The van der Waals surface area contributed by atoms with Crippen molar-refractivity contribution in [3.05, 3.63) is 85.1 Å². The molecule has 0 aliphatic rings. The lowest BCUT2D eigenvalue weighted by Crippen LogP contribution is -2.32. The van der Waals surface area contributed by atoms with Gasteiger partial charge in [-0.3, -0.25) is 0 Å². The molecule has 0 amide bonds. The van der Waals surface area contributed by atoms with Crippen LogP contribution in [0.2, 0.25) is 0 Å². The Labute approximate surface area is 118 Å². The molecule has 0 bridgehead atoms. The van der Waals surface area contributed by atoms with Gasteiger partial charge in [-0.05, 0) is 18.2 Å². The average Bonchev–Trinajstić information content (AvgIpc) is 2.49. The molecule has 3 aromatic rings. The van der Waals surface area contributed by atoms with Gasteiger partial charge >= 0.3 is 0 Å². The molecule has 4 N–H and O–H groups in total. The molecule has 0 saturated carbocycles. The van der Waals surface area contributed by atoms with Crippen molar-refractivity contribution in [3.8, 4) is 16.9 Å². The fraction of sp³-hybridized carbons (Fsp3) is 0. The minimum atomic E-state index is 0. The fourth-order valence-corrected chi connectivity index (χ4v) is 2.10. The summed E-state index contributed by atoms with van der Waals surface area (Å²) < 4.78 is 2.20. The summed E-state index contributed by atoms with van der Waals surface area (Å²) in [4.78, 5) is 0. The van der Waals surface area contributed by atoms with Crippen LogP contribution >= 0.6 is 0 Å². The normalized spacial score (nSPS) is 9.20. The smallest absolute Gasteiger partial charge is 0.218 e. The Balaban J connectivity index is 0.000001000. The van der Waals surface area contributed by atoms with Gasteiger partial charge < -0.3 is 11.0 Å². The van der Waals surface area contributed by atoms with E-state index < -0.39 is 0 Å². The molecule has 0 saturated heterocycles. The fourth-order valence-electron chi connectivity index (χ4n) is 2.10. The van der Waals surface area contributed by atoms with Crippen LogP contribution in [0, 0.1) is 0 Å². The third kappa shape index (κ3) is 3.09. The van der Waals surface area contributed by atoms with Crippen LogP contribution in [-0.2, 0) is 0 Å². The monoisotopic (exact) mass is 268 g/mol. The predicted molar refractivity (Wildman–Crippen MR) is 80.6 cm³/mol. The van der Waals surface area contributed by atoms with E-state index >= 15 is 0 Å². The Morgan fingerprint density at radius 1 is 0.550 bits per heavy atom. The molecule has 3 heteroatoms. The lowest BCUT2D eigenvalue weighted by atomic mass is 10.1. The van der Waals surface area contributed by atoms with Gasteiger partial charge in [0.15, 0.2) is 6.20 Å². The summed E-state index contributed by atoms with van der Waals surface area (Å²) in [5.41, 5.74) is 3.60. The summed E-state index contributed by atoms with van der Waals surface area (Å²) in [5.74, 6) is 0. The summed E-state index contributed by atoms with van der Waals surface area (Å²) in [6, 6.07) is 27.1. The highest BCUT2D eigenvalue weighted by molar-refractivity contribution is 5.56. The van der Waals surface area contributed by atoms with Crippen molar-refractivity contribution in [2.24, 2.45) is 0 Å². The molecular weight excluding hydrogens is 250 g/mol.